The lowest BCUT2D eigenvalue weighted by Gasteiger charge is -2.33. The third kappa shape index (κ3) is 3.20. The summed E-state index contributed by atoms with van der Waals surface area (Å²) < 4.78 is 10.5. The predicted molar refractivity (Wildman–Crippen MR) is 63.1 cm³/mol. The number of ether oxygens (including phenoxy) is 2. The Hall–Kier alpha value is -1.09. The van der Waals surface area contributed by atoms with Crippen molar-refractivity contribution in [2.45, 2.75) is 32.3 Å². The summed E-state index contributed by atoms with van der Waals surface area (Å²) in [6, 6.07) is 0. The molecule has 0 aliphatic heterocycles. The highest BCUT2D eigenvalue weighted by Crippen LogP contribution is 2.31. The first-order chi connectivity index (χ1) is 7.49. The smallest absolute Gasteiger partial charge is 0.302 e. The van der Waals surface area contributed by atoms with E-state index in [1.165, 1.54) is 6.92 Å². The largest absolute Gasteiger partial charge is 0.462 e. The zero-order valence-electron chi connectivity index (χ0n) is 10.3. The molecule has 0 aromatic heterocycles. The summed E-state index contributed by atoms with van der Waals surface area (Å²) in [5.41, 5.74) is 0.714. The lowest BCUT2D eigenvalue weighted by molar-refractivity contribution is -0.148. The second-order valence-electron chi connectivity index (χ2n) is 4.40. The van der Waals surface area contributed by atoms with Gasteiger partial charge in [-0.25, -0.2) is 0 Å². The Morgan fingerprint density at radius 3 is 2.62 bits per heavy atom. The van der Waals surface area contributed by atoms with Crippen LogP contribution in [-0.2, 0) is 14.3 Å². The van der Waals surface area contributed by atoms with Crippen LogP contribution in [0.5, 0.6) is 0 Å². The molecule has 0 N–H and O–H groups in total. The van der Waals surface area contributed by atoms with E-state index in [-0.39, 0.29) is 12.6 Å². The minimum atomic E-state index is -0.447. The molecule has 0 spiro atoms. The summed E-state index contributed by atoms with van der Waals surface area (Å²) in [4.78, 5) is 10.8. The van der Waals surface area contributed by atoms with Crippen LogP contribution >= 0.6 is 0 Å². The second kappa shape index (κ2) is 5.30. The number of esters is 1. The highest BCUT2D eigenvalue weighted by molar-refractivity contribution is 5.66. The van der Waals surface area contributed by atoms with Crippen molar-refractivity contribution < 1.29 is 14.3 Å². The van der Waals surface area contributed by atoms with Gasteiger partial charge in [0.05, 0.1) is 0 Å². The maximum absolute atomic E-state index is 10.8. The molecule has 0 heterocycles. The zero-order valence-corrected chi connectivity index (χ0v) is 10.3. The molecule has 0 saturated heterocycles. The first-order valence-corrected chi connectivity index (χ1v) is 5.52. The minimum Gasteiger partial charge on any atom is -0.462 e. The summed E-state index contributed by atoms with van der Waals surface area (Å²) in [6.45, 7) is 7.68. The van der Waals surface area contributed by atoms with E-state index in [9.17, 15) is 4.79 Å². The fourth-order valence-electron chi connectivity index (χ4n) is 1.85. The maximum Gasteiger partial charge on any atom is 0.302 e. The molecular formula is C13H20O3. The molecule has 3 nitrogen and oxygen atoms in total. The van der Waals surface area contributed by atoms with Crippen LogP contribution in [0.4, 0.5) is 0 Å². The molecule has 2 atom stereocenters. The first kappa shape index (κ1) is 13.0. The fraction of sp³-hybridized carbons (Fsp3) is 0.615. The Morgan fingerprint density at radius 1 is 1.56 bits per heavy atom. The molecule has 1 aliphatic carbocycles. The van der Waals surface area contributed by atoms with E-state index in [0.717, 1.165) is 18.4 Å². The summed E-state index contributed by atoms with van der Waals surface area (Å²) in [5, 5.41) is 0. The number of carbonyl (C=O) groups excluding carboxylic acids is 1. The van der Waals surface area contributed by atoms with Gasteiger partial charge in [0.15, 0.2) is 0 Å². The van der Waals surface area contributed by atoms with E-state index in [2.05, 4.69) is 12.7 Å². The Balaban J connectivity index is 2.66. The van der Waals surface area contributed by atoms with Crippen LogP contribution in [0.15, 0.2) is 24.3 Å². The number of allylic oxidation sites excluding steroid dienone is 2. The normalized spacial score (nSPS) is 28.8. The van der Waals surface area contributed by atoms with Crippen molar-refractivity contribution in [1.82, 2.24) is 0 Å². The van der Waals surface area contributed by atoms with Crippen molar-refractivity contribution in [3.8, 4) is 0 Å². The summed E-state index contributed by atoms with van der Waals surface area (Å²) in [7, 11) is 1.65. The molecule has 1 aliphatic rings. The molecule has 0 radical (unpaired) electrons. The number of hydrogen-bond donors (Lipinski definition) is 0. The maximum atomic E-state index is 10.8. The lowest BCUT2D eigenvalue weighted by atomic mass is 9.83. The molecule has 0 bridgehead atoms. The van der Waals surface area contributed by atoms with Crippen molar-refractivity contribution in [3.05, 3.63) is 24.3 Å². The average Bonchev–Trinajstić information content (AvgIpc) is 2.27. The van der Waals surface area contributed by atoms with E-state index in [0.29, 0.717) is 5.92 Å². The monoisotopic (exact) mass is 224 g/mol. The van der Waals surface area contributed by atoms with Crippen molar-refractivity contribution in [1.29, 1.82) is 0 Å². The molecule has 16 heavy (non-hydrogen) atoms. The number of rotatable bonds is 4. The van der Waals surface area contributed by atoms with E-state index in [4.69, 9.17) is 9.47 Å². The summed E-state index contributed by atoms with van der Waals surface area (Å²) in [6.07, 6.45) is 5.93. The SMILES string of the molecule is C=C(C)[C@@H]1C=C[C@@](COC(C)=O)(OC)CC1. The highest BCUT2D eigenvalue weighted by Gasteiger charge is 2.32. The lowest BCUT2D eigenvalue weighted by Crippen LogP contribution is -2.38. The van der Waals surface area contributed by atoms with Gasteiger partial charge in [0, 0.05) is 14.0 Å². The van der Waals surface area contributed by atoms with E-state index >= 15 is 0 Å². The third-order valence-corrected chi connectivity index (χ3v) is 3.07. The standard InChI is InChI=1S/C13H20O3/c1-10(2)12-5-7-13(15-4,8-6-12)9-16-11(3)14/h5,7,12H,1,6,8-9H2,2-4H3/t12-,13-/m1/s1. The molecule has 3 heteroatoms. The molecular weight excluding hydrogens is 204 g/mol. The summed E-state index contributed by atoms with van der Waals surface area (Å²) >= 11 is 0. The number of hydrogen-bond acceptors (Lipinski definition) is 3. The number of methoxy groups -OCH3 is 1. The molecule has 0 amide bonds. The van der Waals surface area contributed by atoms with Crippen LogP contribution in [0.1, 0.15) is 26.7 Å². The van der Waals surface area contributed by atoms with Gasteiger partial charge < -0.3 is 9.47 Å². The van der Waals surface area contributed by atoms with Crippen molar-refractivity contribution in [2.75, 3.05) is 13.7 Å². The van der Waals surface area contributed by atoms with Gasteiger partial charge in [0.1, 0.15) is 12.2 Å². The van der Waals surface area contributed by atoms with Crippen molar-refractivity contribution >= 4 is 5.97 Å². The summed E-state index contributed by atoms with van der Waals surface area (Å²) in [5.74, 6) is 0.146. The Labute approximate surface area is 97.1 Å². The van der Waals surface area contributed by atoms with Crippen LogP contribution in [-0.4, -0.2) is 25.3 Å². The first-order valence-electron chi connectivity index (χ1n) is 5.52. The van der Waals surface area contributed by atoms with Crippen LogP contribution in [0.2, 0.25) is 0 Å². The quantitative estimate of drug-likeness (QED) is 0.543. The molecule has 1 rings (SSSR count). The van der Waals surface area contributed by atoms with Gasteiger partial charge in [-0.15, -0.1) is 0 Å². The van der Waals surface area contributed by atoms with Crippen LogP contribution < -0.4 is 0 Å². The minimum absolute atomic E-state index is 0.271. The topological polar surface area (TPSA) is 35.5 Å². The van der Waals surface area contributed by atoms with E-state index in [1.807, 2.05) is 13.0 Å². The average molecular weight is 224 g/mol. The van der Waals surface area contributed by atoms with Crippen LogP contribution in [0.3, 0.4) is 0 Å². The highest BCUT2D eigenvalue weighted by atomic mass is 16.6. The van der Waals surface area contributed by atoms with E-state index < -0.39 is 5.60 Å². The van der Waals surface area contributed by atoms with Gasteiger partial charge in [-0.2, -0.15) is 0 Å². The van der Waals surface area contributed by atoms with E-state index in [1.54, 1.807) is 7.11 Å². The van der Waals surface area contributed by atoms with Gasteiger partial charge in [0.2, 0.25) is 0 Å². The van der Waals surface area contributed by atoms with Crippen LogP contribution in [0.25, 0.3) is 0 Å². The molecule has 0 aromatic rings. The van der Waals surface area contributed by atoms with Gasteiger partial charge in [-0.1, -0.05) is 24.3 Å². The van der Waals surface area contributed by atoms with Crippen LogP contribution in [0, 0.1) is 5.92 Å². The molecule has 0 fully saturated rings. The Bertz CT molecular complexity index is 306. The van der Waals surface area contributed by atoms with Gasteiger partial charge in [0.25, 0.3) is 0 Å². The van der Waals surface area contributed by atoms with Gasteiger partial charge in [-0.05, 0) is 25.7 Å². The third-order valence-electron chi connectivity index (χ3n) is 3.07. The van der Waals surface area contributed by atoms with Gasteiger partial charge >= 0.3 is 5.97 Å². The molecule has 0 saturated carbocycles. The number of carbonyl (C=O) groups is 1. The molecule has 90 valence electrons. The molecule has 0 unspecified atom stereocenters. The Morgan fingerprint density at radius 2 is 2.25 bits per heavy atom. The van der Waals surface area contributed by atoms with Crippen molar-refractivity contribution in [2.24, 2.45) is 5.92 Å². The zero-order chi connectivity index (χ0) is 12.2. The predicted octanol–water partition coefficient (Wildman–Crippen LogP) is 2.48. The van der Waals surface area contributed by atoms with Gasteiger partial charge in [-0.3, -0.25) is 4.79 Å². The van der Waals surface area contributed by atoms with Crippen molar-refractivity contribution in [3.63, 3.8) is 0 Å². The fourth-order valence-corrected chi connectivity index (χ4v) is 1.85. The second-order valence-corrected chi connectivity index (χ2v) is 4.40. The Kier molecular flexibility index (Phi) is 4.30. The molecule has 0 aromatic carbocycles.